The lowest BCUT2D eigenvalue weighted by Crippen LogP contribution is -2.66. The largest absolute Gasteiger partial charge is 0.497 e. The van der Waals surface area contributed by atoms with E-state index in [2.05, 4.69) is 0 Å². The lowest BCUT2D eigenvalue weighted by atomic mass is 9.86. The molecular formula is C23H26N2O5S. The van der Waals surface area contributed by atoms with Crippen molar-refractivity contribution in [1.82, 2.24) is 9.21 Å². The molecule has 1 amide bonds. The molecule has 0 radical (unpaired) electrons. The summed E-state index contributed by atoms with van der Waals surface area (Å²) in [6.07, 6.45) is 1.96. The van der Waals surface area contributed by atoms with Crippen molar-refractivity contribution in [2.24, 2.45) is 0 Å². The van der Waals surface area contributed by atoms with Gasteiger partial charge in [0.1, 0.15) is 5.75 Å². The molecule has 1 saturated heterocycles. The number of nitrogens with zero attached hydrogens (tertiary/aromatic N) is 2. The van der Waals surface area contributed by atoms with E-state index < -0.39 is 16.1 Å². The maximum atomic E-state index is 12.9. The minimum atomic E-state index is -3.53. The van der Waals surface area contributed by atoms with E-state index in [0.717, 1.165) is 16.9 Å². The molecule has 2 aromatic carbocycles. The van der Waals surface area contributed by atoms with Crippen LogP contribution in [0.4, 0.5) is 0 Å². The third-order valence-corrected chi connectivity index (χ3v) is 7.76. The highest BCUT2D eigenvalue weighted by molar-refractivity contribution is 7.89. The SMILES string of the molecule is COc1ccc(CN2C(=O)[C@H](OC)[C@@H]2C2=CCN(S(=O)(=O)c3ccccc3)CC2)cc1. The van der Waals surface area contributed by atoms with Gasteiger partial charge in [-0.2, -0.15) is 4.31 Å². The molecule has 0 bridgehead atoms. The van der Waals surface area contributed by atoms with Crippen LogP contribution in [0.15, 0.2) is 71.1 Å². The van der Waals surface area contributed by atoms with E-state index in [1.54, 1.807) is 42.3 Å². The second-order valence-electron chi connectivity index (χ2n) is 7.62. The average Bonchev–Trinajstić information content (AvgIpc) is 2.81. The predicted molar refractivity (Wildman–Crippen MR) is 116 cm³/mol. The van der Waals surface area contributed by atoms with Gasteiger partial charge in [-0.05, 0) is 41.8 Å². The molecule has 2 aliphatic rings. The van der Waals surface area contributed by atoms with Gasteiger partial charge in [-0.1, -0.05) is 36.4 Å². The summed E-state index contributed by atoms with van der Waals surface area (Å²) in [7, 11) is -0.381. The van der Waals surface area contributed by atoms with Gasteiger partial charge in [0.15, 0.2) is 6.10 Å². The Balaban J connectivity index is 1.49. The molecule has 0 spiro atoms. The molecule has 2 atom stereocenters. The number of hydrogen-bond acceptors (Lipinski definition) is 5. The maximum Gasteiger partial charge on any atom is 0.255 e. The first-order chi connectivity index (χ1) is 15.0. The molecule has 164 valence electrons. The molecule has 0 unspecified atom stereocenters. The molecule has 0 saturated carbocycles. The highest BCUT2D eigenvalue weighted by Gasteiger charge is 2.49. The molecular weight excluding hydrogens is 416 g/mol. The fourth-order valence-electron chi connectivity index (χ4n) is 4.14. The zero-order chi connectivity index (χ0) is 22.0. The lowest BCUT2D eigenvalue weighted by molar-refractivity contribution is -0.168. The molecule has 7 nitrogen and oxygen atoms in total. The number of methoxy groups -OCH3 is 2. The van der Waals surface area contributed by atoms with Crippen LogP contribution in [0, 0.1) is 0 Å². The van der Waals surface area contributed by atoms with Crippen LogP contribution in [-0.4, -0.2) is 63.0 Å². The molecule has 2 aromatic rings. The number of hydrogen-bond donors (Lipinski definition) is 0. The van der Waals surface area contributed by atoms with Crippen LogP contribution in [0.1, 0.15) is 12.0 Å². The number of β-lactam (4-membered cyclic amide) rings is 1. The van der Waals surface area contributed by atoms with Crippen LogP contribution >= 0.6 is 0 Å². The fourth-order valence-corrected chi connectivity index (χ4v) is 5.54. The number of likely N-dealkylation sites (tertiary alicyclic amines) is 1. The van der Waals surface area contributed by atoms with Crippen molar-refractivity contribution in [3.63, 3.8) is 0 Å². The molecule has 2 aliphatic heterocycles. The van der Waals surface area contributed by atoms with Crippen LogP contribution in [0.2, 0.25) is 0 Å². The van der Waals surface area contributed by atoms with Crippen LogP contribution < -0.4 is 4.74 Å². The summed E-state index contributed by atoms with van der Waals surface area (Å²) < 4.78 is 37.9. The van der Waals surface area contributed by atoms with E-state index in [-0.39, 0.29) is 18.5 Å². The zero-order valence-corrected chi connectivity index (χ0v) is 18.4. The third kappa shape index (κ3) is 4.11. The Morgan fingerprint density at radius 1 is 1.03 bits per heavy atom. The molecule has 4 rings (SSSR count). The number of carbonyl (C=O) groups is 1. The Morgan fingerprint density at radius 2 is 1.74 bits per heavy atom. The molecule has 2 heterocycles. The number of amides is 1. The standard InChI is InChI=1S/C23H26N2O5S/c1-29-19-10-8-17(9-11-19)16-25-21(22(30-2)23(25)26)18-12-14-24(15-13-18)31(27,28)20-6-4-3-5-7-20/h3-12,21-22H,13-16H2,1-2H3/t21-,22+/m0/s1. The average molecular weight is 443 g/mol. The molecule has 1 fully saturated rings. The summed E-state index contributed by atoms with van der Waals surface area (Å²) in [6, 6.07) is 15.9. The minimum absolute atomic E-state index is 0.0523. The minimum Gasteiger partial charge on any atom is -0.497 e. The second kappa shape index (κ2) is 8.82. The van der Waals surface area contributed by atoms with Crippen molar-refractivity contribution in [3.05, 3.63) is 71.8 Å². The van der Waals surface area contributed by atoms with Gasteiger partial charge < -0.3 is 14.4 Å². The van der Waals surface area contributed by atoms with Crippen LogP contribution in [0.3, 0.4) is 0 Å². The van der Waals surface area contributed by atoms with Crippen molar-refractivity contribution in [2.75, 3.05) is 27.3 Å². The summed E-state index contributed by atoms with van der Waals surface area (Å²) in [4.78, 5) is 14.7. The Bertz CT molecular complexity index is 1070. The van der Waals surface area contributed by atoms with Gasteiger partial charge in [-0.25, -0.2) is 8.42 Å². The lowest BCUT2D eigenvalue weighted by Gasteiger charge is -2.48. The van der Waals surface area contributed by atoms with Gasteiger partial charge in [-0.15, -0.1) is 0 Å². The van der Waals surface area contributed by atoms with Crippen LogP contribution in [0.5, 0.6) is 5.75 Å². The smallest absolute Gasteiger partial charge is 0.255 e. The van der Waals surface area contributed by atoms with Crippen molar-refractivity contribution in [2.45, 2.75) is 30.0 Å². The predicted octanol–water partition coefficient (Wildman–Crippen LogP) is 2.44. The van der Waals surface area contributed by atoms with E-state index in [1.165, 1.54) is 11.4 Å². The molecule has 0 aromatic heterocycles. The molecule has 31 heavy (non-hydrogen) atoms. The Morgan fingerprint density at radius 3 is 2.32 bits per heavy atom. The van der Waals surface area contributed by atoms with E-state index in [9.17, 15) is 13.2 Å². The van der Waals surface area contributed by atoms with Crippen molar-refractivity contribution in [3.8, 4) is 5.75 Å². The topological polar surface area (TPSA) is 76.2 Å². The number of benzene rings is 2. The molecule has 0 N–H and O–H groups in total. The van der Waals surface area contributed by atoms with Crippen molar-refractivity contribution >= 4 is 15.9 Å². The van der Waals surface area contributed by atoms with Crippen molar-refractivity contribution in [1.29, 1.82) is 0 Å². The Hall–Kier alpha value is -2.68. The van der Waals surface area contributed by atoms with E-state index >= 15 is 0 Å². The first-order valence-corrected chi connectivity index (χ1v) is 11.6. The van der Waals surface area contributed by atoms with Gasteiger partial charge in [0.2, 0.25) is 10.0 Å². The maximum absolute atomic E-state index is 12.9. The van der Waals surface area contributed by atoms with E-state index in [0.29, 0.717) is 24.4 Å². The van der Waals surface area contributed by atoms with Gasteiger partial charge >= 0.3 is 0 Å². The summed E-state index contributed by atoms with van der Waals surface area (Å²) in [5, 5.41) is 0. The molecule has 0 aliphatic carbocycles. The highest BCUT2D eigenvalue weighted by Crippen LogP contribution is 2.34. The van der Waals surface area contributed by atoms with Crippen molar-refractivity contribution < 1.29 is 22.7 Å². The van der Waals surface area contributed by atoms with E-state index in [1.807, 2.05) is 30.3 Å². The van der Waals surface area contributed by atoms with E-state index in [4.69, 9.17) is 9.47 Å². The first kappa shape index (κ1) is 21.5. The first-order valence-electron chi connectivity index (χ1n) is 10.2. The normalized spacial score (nSPS) is 22.1. The monoisotopic (exact) mass is 442 g/mol. The van der Waals surface area contributed by atoms with Crippen LogP contribution in [0.25, 0.3) is 0 Å². The number of rotatable bonds is 7. The summed E-state index contributed by atoms with van der Waals surface area (Å²) in [5.41, 5.74) is 2.04. The fraction of sp³-hybridized carbons (Fsp3) is 0.348. The quantitative estimate of drug-likeness (QED) is 0.486. The summed E-state index contributed by atoms with van der Waals surface area (Å²) >= 11 is 0. The second-order valence-corrected chi connectivity index (χ2v) is 9.56. The van der Waals surface area contributed by atoms with Gasteiger partial charge in [0.25, 0.3) is 5.91 Å². The summed E-state index contributed by atoms with van der Waals surface area (Å²) in [6.45, 7) is 1.13. The third-order valence-electron chi connectivity index (χ3n) is 5.88. The number of carbonyl (C=O) groups excluding carboxylic acids is 1. The van der Waals surface area contributed by atoms with Crippen LogP contribution in [-0.2, 0) is 26.1 Å². The zero-order valence-electron chi connectivity index (χ0n) is 17.6. The Kier molecular flexibility index (Phi) is 6.13. The number of ether oxygens (including phenoxy) is 2. The van der Waals surface area contributed by atoms with Gasteiger partial charge in [0.05, 0.1) is 18.0 Å². The number of sulfonamides is 1. The highest BCUT2D eigenvalue weighted by atomic mass is 32.2. The molecule has 8 heteroatoms. The summed E-state index contributed by atoms with van der Waals surface area (Å²) in [5.74, 6) is 0.711. The van der Waals surface area contributed by atoms with Gasteiger partial charge in [-0.3, -0.25) is 4.79 Å². The van der Waals surface area contributed by atoms with Gasteiger partial charge in [0, 0.05) is 26.7 Å². The Labute approximate surface area is 182 Å².